The number of aliphatic hydroxyl groups excluding tert-OH is 1. The summed E-state index contributed by atoms with van der Waals surface area (Å²) in [5, 5.41) is 25.7. The van der Waals surface area contributed by atoms with Crippen LogP contribution in [0.1, 0.15) is 72.6 Å². The average Bonchev–Trinajstić information content (AvgIpc) is 3.59. The van der Waals surface area contributed by atoms with E-state index in [9.17, 15) is 15.0 Å². The molecule has 2 aromatic heterocycles. The summed E-state index contributed by atoms with van der Waals surface area (Å²) in [6, 6.07) is 23.9. The van der Waals surface area contributed by atoms with Crippen LogP contribution in [0.4, 0.5) is 10.6 Å². The molecule has 1 amide bonds. The molecule has 0 spiro atoms. The van der Waals surface area contributed by atoms with Crippen LogP contribution in [-0.2, 0) is 13.1 Å². The molecular formula is C38H44N6O6. The van der Waals surface area contributed by atoms with Crippen LogP contribution in [0.2, 0.25) is 0 Å². The van der Waals surface area contributed by atoms with E-state index < -0.39 is 12.2 Å². The first-order valence-electron chi connectivity index (χ1n) is 17.0. The molecule has 0 bridgehead atoms. The number of rotatable bonds is 14. The van der Waals surface area contributed by atoms with Crippen molar-refractivity contribution in [2.24, 2.45) is 0 Å². The van der Waals surface area contributed by atoms with E-state index in [2.05, 4.69) is 11.8 Å². The summed E-state index contributed by atoms with van der Waals surface area (Å²) in [6.07, 6.45) is 3.10. The summed E-state index contributed by atoms with van der Waals surface area (Å²) >= 11 is 0. The summed E-state index contributed by atoms with van der Waals surface area (Å²) < 4.78 is 18.5. The van der Waals surface area contributed by atoms with Gasteiger partial charge in [-0.15, -0.1) is 5.10 Å². The van der Waals surface area contributed by atoms with Gasteiger partial charge in [-0.2, -0.15) is 4.98 Å². The number of anilines is 1. The number of ether oxygens (including phenoxy) is 3. The van der Waals surface area contributed by atoms with E-state index in [4.69, 9.17) is 29.3 Å². The van der Waals surface area contributed by atoms with Gasteiger partial charge in [-0.25, -0.2) is 14.3 Å². The zero-order chi connectivity index (χ0) is 35.0. The van der Waals surface area contributed by atoms with Gasteiger partial charge >= 0.3 is 12.1 Å². The minimum absolute atomic E-state index is 0.199. The topological polar surface area (TPSA) is 135 Å². The molecule has 1 saturated heterocycles. The zero-order valence-corrected chi connectivity index (χ0v) is 28.7. The van der Waals surface area contributed by atoms with E-state index in [0.717, 1.165) is 53.9 Å². The third-order valence-electron chi connectivity index (χ3n) is 9.21. The molecule has 6 rings (SSSR count). The van der Waals surface area contributed by atoms with E-state index >= 15 is 0 Å². The van der Waals surface area contributed by atoms with Gasteiger partial charge in [0.15, 0.2) is 11.5 Å². The maximum Gasteiger partial charge on any atom is 0.407 e. The lowest BCUT2D eigenvalue weighted by Crippen LogP contribution is -2.36. The Kier molecular flexibility index (Phi) is 11.0. The summed E-state index contributed by atoms with van der Waals surface area (Å²) in [4.78, 5) is 24.6. The van der Waals surface area contributed by atoms with E-state index in [1.807, 2.05) is 72.8 Å². The van der Waals surface area contributed by atoms with Gasteiger partial charge in [-0.1, -0.05) is 61.9 Å². The van der Waals surface area contributed by atoms with E-state index in [-0.39, 0.29) is 11.9 Å². The first-order chi connectivity index (χ1) is 24.4. The van der Waals surface area contributed by atoms with Gasteiger partial charge in [0.25, 0.3) is 0 Å². The second-order valence-corrected chi connectivity index (χ2v) is 12.5. The van der Waals surface area contributed by atoms with Crippen molar-refractivity contribution < 1.29 is 29.2 Å². The molecule has 1 aliphatic rings. The number of unbranched alkanes of at least 4 members (excludes halogenated alkanes) is 1. The highest BCUT2D eigenvalue weighted by Gasteiger charge is 2.26. The number of hydrogen-bond acceptors (Lipinski definition) is 9. The zero-order valence-electron chi connectivity index (χ0n) is 28.7. The Morgan fingerprint density at radius 2 is 1.52 bits per heavy atom. The van der Waals surface area contributed by atoms with Crippen molar-refractivity contribution in [2.75, 3.05) is 38.8 Å². The van der Waals surface area contributed by atoms with Crippen molar-refractivity contribution in [3.05, 3.63) is 107 Å². The summed E-state index contributed by atoms with van der Waals surface area (Å²) in [7, 11) is 3.29. The Hall–Kier alpha value is -5.36. The standard InChI is InChI=1S/C38H44N6O6/c1-4-5-22-50-37-40-36(43(24-26-6-14-31(48-2)15-7-26)25-27-8-16-32(49-3)17-9-27)35-39-23-33(44(35)41-37)34(45)30-12-10-28(11-13-30)29-18-20-42(21-19-29)38(46)47/h6-17,23,29,34,45H,4-5,18-22,24-25H2,1-3H3,(H,46,47). The number of aromatic nitrogens is 4. The van der Waals surface area contributed by atoms with Crippen LogP contribution < -0.4 is 19.1 Å². The highest BCUT2D eigenvalue weighted by molar-refractivity contribution is 5.66. The van der Waals surface area contributed by atoms with Crippen LogP contribution in [0.3, 0.4) is 0 Å². The maximum atomic E-state index is 11.7. The minimum atomic E-state index is -1.02. The number of methoxy groups -OCH3 is 2. The first kappa shape index (κ1) is 34.5. The van der Waals surface area contributed by atoms with Gasteiger partial charge in [-0.05, 0) is 71.7 Å². The fourth-order valence-electron chi connectivity index (χ4n) is 6.27. The number of fused-ring (bicyclic) bond motifs is 1. The number of imidazole rings is 1. The van der Waals surface area contributed by atoms with Crippen LogP contribution in [-0.4, -0.2) is 74.7 Å². The molecule has 12 nitrogen and oxygen atoms in total. The number of carbonyl (C=O) groups is 1. The number of carboxylic acid groups (broad SMARTS) is 1. The van der Waals surface area contributed by atoms with Crippen LogP contribution in [0.15, 0.2) is 79.0 Å². The predicted octanol–water partition coefficient (Wildman–Crippen LogP) is 6.47. The van der Waals surface area contributed by atoms with Gasteiger partial charge < -0.3 is 34.2 Å². The third kappa shape index (κ3) is 7.92. The molecule has 1 aliphatic heterocycles. The van der Waals surface area contributed by atoms with Gasteiger partial charge in [0.05, 0.1) is 32.7 Å². The fourth-order valence-corrected chi connectivity index (χ4v) is 6.27. The Balaban J connectivity index is 1.34. The summed E-state index contributed by atoms with van der Waals surface area (Å²) in [5.74, 6) is 2.39. The van der Waals surface area contributed by atoms with Crippen molar-refractivity contribution in [1.29, 1.82) is 0 Å². The van der Waals surface area contributed by atoms with Crippen molar-refractivity contribution in [3.63, 3.8) is 0 Å². The molecule has 2 N–H and O–H groups in total. The smallest absolute Gasteiger partial charge is 0.407 e. The molecule has 3 aromatic carbocycles. The van der Waals surface area contributed by atoms with Gasteiger partial charge in [0.2, 0.25) is 0 Å². The lowest BCUT2D eigenvalue weighted by molar-refractivity contribution is 0.132. The van der Waals surface area contributed by atoms with E-state index in [1.54, 1.807) is 24.9 Å². The van der Waals surface area contributed by atoms with Crippen LogP contribution >= 0.6 is 0 Å². The molecule has 1 atom stereocenters. The van der Waals surface area contributed by atoms with Gasteiger partial charge in [0, 0.05) is 26.2 Å². The molecule has 50 heavy (non-hydrogen) atoms. The largest absolute Gasteiger partial charge is 0.497 e. The van der Waals surface area contributed by atoms with Crippen molar-refractivity contribution in [3.8, 4) is 17.5 Å². The Morgan fingerprint density at radius 3 is 2.06 bits per heavy atom. The summed E-state index contributed by atoms with van der Waals surface area (Å²) in [5.41, 5.74) is 4.90. The molecule has 1 fully saturated rings. The molecule has 1 unspecified atom stereocenters. The number of piperidine rings is 1. The van der Waals surface area contributed by atoms with Gasteiger partial charge in [-0.3, -0.25) is 0 Å². The molecular weight excluding hydrogens is 636 g/mol. The SMILES string of the molecule is CCCCOc1nc(N(Cc2ccc(OC)cc2)Cc2ccc(OC)cc2)c2ncc(C(O)c3ccc(C4CCN(C(=O)O)CC4)cc3)n2n1. The van der Waals surface area contributed by atoms with Crippen LogP contribution in [0.5, 0.6) is 17.5 Å². The molecule has 0 radical (unpaired) electrons. The lowest BCUT2D eigenvalue weighted by Gasteiger charge is -2.30. The number of amides is 1. The number of aliphatic hydroxyl groups is 1. The molecule has 0 aliphatic carbocycles. The quantitative estimate of drug-likeness (QED) is 0.126. The maximum absolute atomic E-state index is 11.7. The Bertz CT molecular complexity index is 1810. The number of nitrogens with zero attached hydrogens (tertiary/aromatic N) is 6. The monoisotopic (exact) mass is 680 g/mol. The molecule has 12 heteroatoms. The number of hydrogen-bond donors (Lipinski definition) is 2. The first-order valence-corrected chi connectivity index (χ1v) is 17.0. The molecule has 0 saturated carbocycles. The Morgan fingerprint density at radius 1 is 0.920 bits per heavy atom. The van der Waals surface area contributed by atoms with Crippen molar-refractivity contribution in [2.45, 2.75) is 57.7 Å². The predicted molar refractivity (Wildman–Crippen MR) is 189 cm³/mol. The van der Waals surface area contributed by atoms with Crippen molar-refractivity contribution in [1.82, 2.24) is 24.5 Å². The Labute approximate surface area is 291 Å². The second kappa shape index (κ2) is 15.9. The normalized spacial score (nSPS) is 14.0. The minimum Gasteiger partial charge on any atom is -0.497 e. The highest BCUT2D eigenvalue weighted by Crippen LogP contribution is 2.32. The fraction of sp³-hybridized carbons (Fsp3) is 0.368. The van der Waals surface area contributed by atoms with Crippen LogP contribution in [0, 0.1) is 0 Å². The van der Waals surface area contributed by atoms with E-state index in [1.165, 1.54) is 4.90 Å². The molecule has 262 valence electrons. The lowest BCUT2D eigenvalue weighted by atomic mass is 9.88. The third-order valence-corrected chi connectivity index (χ3v) is 9.21. The van der Waals surface area contributed by atoms with E-state index in [0.29, 0.717) is 55.5 Å². The molecule has 3 heterocycles. The van der Waals surface area contributed by atoms with Crippen molar-refractivity contribution >= 4 is 17.6 Å². The highest BCUT2D eigenvalue weighted by atomic mass is 16.5. The number of likely N-dealkylation sites (tertiary alicyclic amines) is 1. The average molecular weight is 681 g/mol. The molecule has 5 aromatic rings. The van der Waals surface area contributed by atoms with Crippen LogP contribution in [0.25, 0.3) is 5.65 Å². The number of benzene rings is 3. The second-order valence-electron chi connectivity index (χ2n) is 12.5. The summed E-state index contributed by atoms with van der Waals surface area (Å²) in [6.45, 7) is 4.61. The van der Waals surface area contributed by atoms with Gasteiger partial charge in [0.1, 0.15) is 17.6 Å².